The Morgan fingerprint density at radius 3 is 2.39 bits per heavy atom. The van der Waals surface area contributed by atoms with Gasteiger partial charge >= 0.3 is 12.2 Å². The van der Waals surface area contributed by atoms with Gasteiger partial charge in [0.05, 0.1) is 5.56 Å². The van der Waals surface area contributed by atoms with Gasteiger partial charge in [0, 0.05) is 56.8 Å². The summed E-state index contributed by atoms with van der Waals surface area (Å²) in [5.74, 6) is 0.329. The summed E-state index contributed by atoms with van der Waals surface area (Å²) in [6, 6.07) is 9.65. The molecule has 0 saturated carbocycles. The maximum Gasteiger partial charge on any atom is 0.420 e. The number of hydrogen-bond acceptors (Lipinski definition) is 8. The van der Waals surface area contributed by atoms with Crippen LogP contribution in [0.4, 0.5) is 35.2 Å². The molecule has 14 heteroatoms. The molecule has 0 radical (unpaired) electrons. The zero-order valence-corrected chi connectivity index (χ0v) is 22.6. The molecule has 0 spiro atoms. The van der Waals surface area contributed by atoms with E-state index in [0.29, 0.717) is 29.2 Å². The molecular formula is C27H30F3N9O2. The number of halogens is 3. The SMILES string of the molecule is CNc1ncnc2c1ncn2-c1ccc(NC(=O)Nc2ccc(OCCN3CCN(C)CC3)c(C(F)(F)F)c2)cc1. The number of alkyl halides is 3. The Hall–Kier alpha value is -4.43. The smallest absolute Gasteiger partial charge is 0.420 e. The summed E-state index contributed by atoms with van der Waals surface area (Å²) in [7, 11) is 3.78. The van der Waals surface area contributed by atoms with Gasteiger partial charge in [0.2, 0.25) is 0 Å². The molecule has 2 aromatic heterocycles. The average molecular weight is 570 g/mol. The summed E-state index contributed by atoms with van der Waals surface area (Å²) >= 11 is 0. The number of fused-ring (bicyclic) bond motifs is 1. The lowest BCUT2D eigenvalue weighted by molar-refractivity contribution is -0.138. The standard InChI is InChI=1S/C27H30F3N9O2/c1-31-24-23-25(33-16-32-24)39(17-34-23)20-6-3-18(4-7-20)35-26(40)36-19-5-8-22(21(15-19)27(28,29)30)41-14-13-38-11-9-37(2)10-12-38/h3-8,15-17H,9-14H2,1-2H3,(H,31,32,33)(H2,35,36,40). The number of imidazole rings is 1. The van der Waals surface area contributed by atoms with Crippen LogP contribution in [0.1, 0.15) is 5.56 Å². The molecule has 11 nitrogen and oxygen atoms in total. The van der Waals surface area contributed by atoms with Crippen LogP contribution in [0.5, 0.6) is 5.75 Å². The van der Waals surface area contributed by atoms with Crippen molar-refractivity contribution in [3.63, 3.8) is 0 Å². The fourth-order valence-electron chi connectivity index (χ4n) is 4.52. The topological polar surface area (TPSA) is 112 Å². The van der Waals surface area contributed by atoms with E-state index < -0.39 is 17.8 Å². The number of anilines is 3. The maximum absolute atomic E-state index is 13.8. The van der Waals surface area contributed by atoms with E-state index in [0.717, 1.165) is 37.9 Å². The lowest BCUT2D eigenvalue weighted by Crippen LogP contribution is -2.45. The van der Waals surface area contributed by atoms with E-state index in [4.69, 9.17) is 4.74 Å². The molecule has 1 fully saturated rings. The molecule has 0 bridgehead atoms. The molecule has 3 N–H and O–H groups in total. The zero-order chi connectivity index (χ0) is 29.0. The minimum atomic E-state index is -4.65. The van der Waals surface area contributed by atoms with E-state index in [2.05, 4.69) is 40.7 Å². The van der Waals surface area contributed by atoms with Gasteiger partial charge in [0.25, 0.3) is 0 Å². The Balaban J connectivity index is 1.21. The number of piperazine rings is 1. The quantitative estimate of drug-likeness (QED) is 0.290. The van der Waals surface area contributed by atoms with Crippen molar-refractivity contribution in [2.45, 2.75) is 6.18 Å². The van der Waals surface area contributed by atoms with Gasteiger partial charge in [-0.2, -0.15) is 13.2 Å². The summed E-state index contributed by atoms with van der Waals surface area (Å²) < 4.78 is 48.7. The number of carbonyl (C=O) groups excluding carboxylic acids is 1. The van der Waals surface area contributed by atoms with E-state index in [1.807, 2.05) is 7.05 Å². The van der Waals surface area contributed by atoms with Crippen LogP contribution in [0.25, 0.3) is 16.9 Å². The van der Waals surface area contributed by atoms with Crippen LogP contribution in [-0.2, 0) is 6.18 Å². The number of amides is 2. The first-order valence-electron chi connectivity index (χ1n) is 13.0. The Kier molecular flexibility index (Phi) is 8.21. The van der Waals surface area contributed by atoms with Crippen molar-refractivity contribution in [1.82, 2.24) is 29.3 Å². The number of nitrogens with zero attached hydrogens (tertiary/aromatic N) is 6. The van der Waals surface area contributed by atoms with Gasteiger partial charge in [0.1, 0.15) is 25.0 Å². The van der Waals surface area contributed by atoms with Crippen LogP contribution < -0.4 is 20.7 Å². The first-order chi connectivity index (χ1) is 19.7. The third-order valence-electron chi connectivity index (χ3n) is 6.78. The average Bonchev–Trinajstić information content (AvgIpc) is 3.39. The Bertz CT molecular complexity index is 1500. The van der Waals surface area contributed by atoms with Crippen molar-refractivity contribution in [3.05, 3.63) is 60.7 Å². The first-order valence-corrected chi connectivity index (χ1v) is 13.0. The molecule has 5 rings (SSSR count). The second-order valence-electron chi connectivity index (χ2n) is 9.59. The lowest BCUT2D eigenvalue weighted by Gasteiger charge is -2.32. The second kappa shape index (κ2) is 12.0. The van der Waals surface area contributed by atoms with Gasteiger partial charge in [0.15, 0.2) is 17.0 Å². The summed E-state index contributed by atoms with van der Waals surface area (Å²) in [5.41, 5.74) is 1.45. The summed E-state index contributed by atoms with van der Waals surface area (Å²) in [6.45, 7) is 4.19. The molecule has 2 amide bonds. The summed E-state index contributed by atoms with van der Waals surface area (Å²) in [5, 5.41) is 8.07. The number of rotatable bonds is 8. The summed E-state index contributed by atoms with van der Waals surface area (Å²) in [6.07, 6.45) is -1.60. The molecule has 1 aliphatic heterocycles. The van der Waals surface area contributed by atoms with Gasteiger partial charge in [-0.1, -0.05) is 0 Å². The fourth-order valence-corrected chi connectivity index (χ4v) is 4.52. The minimum absolute atomic E-state index is 0.0113. The molecule has 3 heterocycles. The van der Waals surface area contributed by atoms with Gasteiger partial charge in [-0.3, -0.25) is 9.47 Å². The summed E-state index contributed by atoms with van der Waals surface area (Å²) in [4.78, 5) is 29.7. The predicted octanol–water partition coefficient (Wildman–Crippen LogP) is 4.15. The van der Waals surface area contributed by atoms with Gasteiger partial charge in [-0.25, -0.2) is 19.7 Å². The van der Waals surface area contributed by atoms with Crippen LogP contribution in [0.15, 0.2) is 55.1 Å². The third kappa shape index (κ3) is 6.66. The molecule has 4 aromatic rings. The predicted molar refractivity (Wildman–Crippen MR) is 150 cm³/mol. The number of benzene rings is 2. The van der Waals surface area contributed by atoms with Crippen LogP contribution >= 0.6 is 0 Å². The van der Waals surface area contributed by atoms with E-state index in [1.165, 1.54) is 18.5 Å². The van der Waals surface area contributed by atoms with Crippen molar-refractivity contribution in [2.75, 3.05) is 69.4 Å². The maximum atomic E-state index is 13.8. The number of carbonyl (C=O) groups is 1. The third-order valence-corrected chi connectivity index (χ3v) is 6.78. The highest BCUT2D eigenvalue weighted by Gasteiger charge is 2.35. The number of ether oxygens (including phenoxy) is 1. The van der Waals surface area contributed by atoms with E-state index in [9.17, 15) is 18.0 Å². The Morgan fingerprint density at radius 2 is 1.68 bits per heavy atom. The van der Waals surface area contributed by atoms with E-state index in [1.54, 1.807) is 42.2 Å². The Morgan fingerprint density at radius 1 is 0.976 bits per heavy atom. The molecule has 1 saturated heterocycles. The van der Waals surface area contributed by atoms with Crippen molar-refractivity contribution in [3.8, 4) is 11.4 Å². The van der Waals surface area contributed by atoms with Gasteiger partial charge in [-0.05, 0) is 49.5 Å². The van der Waals surface area contributed by atoms with Crippen LogP contribution in [0.2, 0.25) is 0 Å². The number of aromatic nitrogens is 4. The minimum Gasteiger partial charge on any atom is -0.492 e. The normalized spacial score (nSPS) is 14.7. The van der Waals surface area contributed by atoms with Gasteiger partial charge in [-0.15, -0.1) is 0 Å². The first kappa shape index (κ1) is 28.1. The van der Waals surface area contributed by atoms with Gasteiger partial charge < -0.3 is 25.6 Å². The van der Waals surface area contributed by atoms with E-state index in [-0.39, 0.29) is 18.0 Å². The molecule has 216 valence electrons. The molecule has 0 aliphatic carbocycles. The van der Waals surface area contributed by atoms with Crippen LogP contribution in [0.3, 0.4) is 0 Å². The molecule has 0 unspecified atom stereocenters. The van der Waals surface area contributed by atoms with Crippen LogP contribution in [0, 0.1) is 0 Å². The molecule has 0 atom stereocenters. The van der Waals surface area contributed by atoms with E-state index >= 15 is 0 Å². The highest BCUT2D eigenvalue weighted by Crippen LogP contribution is 2.38. The number of likely N-dealkylation sites (N-methyl/N-ethyl adjacent to an activating group) is 1. The monoisotopic (exact) mass is 569 g/mol. The largest absolute Gasteiger partial charge is 0.492 e. The van der Waals surface area contributed by atoms with Crippen molar-refractivity contribution in [2.24, 2.45) is 0 Å². The molecular weight excluding hydrogens is 539 g/mol. The highest BCUT2D eigenvalue weighted by atomic mass is 19.4. The highest BCUT2D eigenvalue weighted by molar-refractivity contribution is 6.00. The second-order valence-corrected chi connectivity index (χ2v) is 9.59. The fraction of sp³-hybridized carbons (Fsp3) is 0.333. The number of nitrogens with one attached hydrogen (secondary N) is 3. The molecule has 41 heavy (non-hydrogen) atoms. The molecule has 1 aliphatic rings. The van der Waals surface area contributed by atoms with Crippen molar-refractivity contribution < 1.29 is 22.7 Å². The number of urea groups is 1. The van der Waals surface area contributed by atoms with Crippen molar-refractivity contribution >= 4 is 34.4 Å². The Labute approximate surface area is 234 Å². The van der Waals surface area contributed by atoms with Crippen LogP contribution in [-0.4, -0.2) is 88.8 Å². The molecule has 2 aromatic carbocycles. The zero-order valence-electron chi connectivity index (χ0n) is 22.6. The van der Waals surface area contributed by atoms with Crippen molar-refractivity contribution in [1.29, 1.82) is 0 Å². The lowest BCUT2D eigenvalue weighted by atomic mass is 10.1. The number of hydrogen-bond donors (Lipinski definition) is 3.